The number of hydrogen-bond donors (Lipinski definition) is 2. The molecular weight excluding hydrogens is 290 g/mol. The van der Waals surface area contributed by atoms with E-state index >= 15 is 0 Å². The summed E-state index contributed by atoms with van der Waals surface area (Å²) in [5.41, 5.74) is 2.10. The second-order valence-corrected chi connectivity index (χ2v) is 6.96. The van der Waals surface area contributed by atoms with Gasteiger partial charge in [0.1, 0.15) is 0 Å². The van der Waals surface area contributed by atoms with Crippen molar-refractivity contribution in [3.63, 3.8) is 0 Å². The molecule has 0 amide bonds. The lowest BCUT2D eigenvalue weighted by Crippen LogP contribution is -2.34. The van der Waals surface area contributed by atoms with Crippen LogP contribution >= 0.6 is 0 Å². The highest BCUT2D eigenvalue weighted by atomic mass is 32.2. The van der Waals surface area contributed by atoms with Crippen molar-refractivity contribution in [2.45, 2.75) is 11.3 Å². The minimum Gasteiger partial charge on any atom is -0.384 e. The Bertz CT molecular complexity index is 575. The van der Waals surface area contributed by atoms with Gasteiger partial charge in [0.05, 0.1) is 11.5 Å². The topological polar surface area (TPSA) is 70.7 Å². The standard InChI is InChI=1S/C14H23N3O3S/c1-17(9-10-20-2)8-7-16-21(18,19)13-3-4-14-12(11-13)5-6-15-14/h3-4,11,15-16H,5-10H2,1-2H3. The molecule has 0 saturated heterocycles. The summed E-state index contributed by atoms with van der Waals surface area (Å²) in [6.45, 7) is 3.33. The molecule has 0 fully saturated rings. The first kappa shape index (κ1) is 16.2. The van der Waals surface area contributed by atoms with E-state index in [0.29, 0.717) is 24.6 Å². The van der Waals surface area contributed by atoms with Crippen molar-refractivity contribution in [2.75, 3.05) is 52.3 Å². The summed E-state index contributed by atoms with van der Waals surface area (Å²) in [5, 5.41) is 3.22. The Kier molecular flexibility index (Phi) is 5.58. The van der Waals surface area contributed by atoms with E-state index in [9.17, 15) is 8.42 Å². The Morgan fingerprint density at radius 3 is 2.95 bits per heavy atom. The Morgan fingerprint density at radius 1 is 1.38 bits per heavy atom. The number of rotatable bonds is 8. The van der Waals surface area contributed by atoms with Crippen LogP contribution in [0.25, 0.3) is 0 Å². The smallest absolute Gasteiger partial charge is 0.240 e. The monoisotopic (exact) mass is 313 g/mol. The van der Waals surface area contributed by atoms with Crippen molar-refractivity contribution in [3.05, 3.63) is 23.8 Å². The maximum atomic E-state index is 12.3. The minimum absolute atomic E-state index is 0.337. The molecule has 0 bridgehead atoms. The molecule has 2 N–H and O–H groups in total. The number of benzene rings is 1. The van der Waals surface area contributed by atoms with Crippen LogP contribution in [0.3, 0.4) is 0 Å². The van der Waals surface area contributed by atoms with Gasteiger partial charge in [-0.25, -0.2) is 13.1 Å². The van der Waals surface area contributed by atoms with E-state index in [0.717, 1.165) is 30.8 Å². The van der Waals surface area contributed by atoms with Gasteiger partial charge in [-0.2, -0.15) is 0 Å². The maximum Gasteiger partial charge on any atom is 0.240 e. The molecule has 118 valence electrons. The molecule has 0 aromatic heterocycles. The molecule has 0 saturated carbocycles. The number of methoxy groups -OCH3 is 1. The molecule has 1 aromatic rings. The van der Waals surface area contributed by atoms with Crippen LogP contribution in [-0.2, 0) is 21.2 Å². The van der Waals surface area contributed by atoms with Crippen LogP contribution in [0.2, 0.25) is 0 Å². The summed E-state index contributed by atoms with van der Waals surface area (Å²) in [6, 6.07) is 5.24. The normalized spacial score (nSPS) is 14.2. The van der Waals surface area contributed by atoms with Gasteiger partial charge >= 0.3 is 0 Å². The molecule has 1 aromatic carbocycles. The fourth-order valence-electron chi connectivity index (χ4n) is 2.26. The van der Waals surface area contributed by atoms with Crippen molar-refractivity contribution < 1.29 is 13.2 Å². The summed E-state index contributed by atoms with van der Waals surface area (Å²) >= 11 is 0. The van der Waals surface area contributed by atoms with Crippen LogP contribution in [0, 0.1) is 0 Å². The molecule has 1 aliphatic rings. The van der Waals surface area contributed by atoms with Crippen molar-refractivity contribution in [2.24, 2.45) is 0 Å². The number of fused-ring (bicyclic) bond motifs is 1. The summed E-state index contributed by atoms with van der Waals surface area (Å²) in [6.07, 6.45) is 0.873. The maximum absolute atomic E-state index is 12.3. The first-order valence-corrected chi connectivity index (χ1v) is 8.55. The Balaban J connectivity index is 1.90. The first-order chi connectivity index (χ1) is 10.0. The Morgan fingerprint density at radius 2 is 2.19 bits per heavy atom. The zero-order valence-electron chi connectivity index (χ0n) is 12.6. The van der Waals surface area contributed by atoms with E-state index in [1.165, 1.54) is 0 Å². The molecule has 6 nitrogen and oxygen atoms in total. The zero-order chi connectivity index (χ0) is 15.3. The molecule has 1 aliphatic heterocycles. The third-order valence-corrected chi connectivity index (χ3v) is 5.02. The number of hydrogen-bond acceptors (Lipinski definition) is 5. The summed E-state index contributed by atoms with van der Waals surface area (Å²) in [7, 11) is 0.157. The molecule has 0 aliphatic carbocycles. The lowest BCUT2D eigenvalue weighted by atomic mass is 10.2. The van der Waals surface area contributed by atoms with Gasteiger partial charge in [0.2, 0.25) is 10.0 Å². The molecule has 1 heterocycles. The zero-order valence-corrected chi connectivity index (χ0v) is 13.4. The van der Waals surface area contributed by atoms with Gasteiger partial charge < -0.3 is 15.0 Å². The van der Waals surface area contributed by atoms with Gasteiger partial charge in [-0.15, -0.1) is 0 Å². The summed E-state index contributed by atoms with van der Waals surface area (Å²) in [5.74, 6) is 0. The van der Waals surface area contributed by atoms with Gasteiger partial charge in [-0.1, -0.05) is 0 Å². The van der Waals surface area contributed by atoms with Gasteiger partial charge in [0.25, 0.3) is 0 Å². The highest BCUT2D eigenvalue weighted by Crippen LogP contribution is 2.24. The fourth-order valence-corrected chi connectivity index (χ4v) is 3.33. The second-order valence-electron chi connectivity index (χ2n) is 5.19. The SMILES string of the molecule is COCCN(C)CCNS(=O)(=O)c1ccc2c(c1)CCN2. The Hall–Kier alpha value is -1.15. The van der Waals surface area contributed by atoms with Crippen molar-refractivity contribution in [1.82, 2.24) is 9.62 Å². The highest BCUT2D eigenvalue weighted by molar-refractivity contribution is 7.89. The van der Waals surface area contributed by atoms with E-state index in [4.69, 9.17) is 4.74 Å². The van der Waals surface area contributed by atoms with Crippen molar-refractivity contribution >= 4 is 15.7 Å². The number of nitrogens with zero attached hydrogens (tertiary/aromatic N) is 1. The highest BCUT2D eigenvalue weighted by Gasteiger charge is 2.17. The van der Waals surface area contributed by atoms with Crippen LogP contribution in [-0.4, -0.2) is 60.3 Å². The fraction of sp³-hybridized carbons (Fsp3) is 0.571. The van der Waals surface area contributed by atoms with Gasteiger partial charge in [-0.05, 0) is 37.2 Å². The molecular formula is C14H23N3O3S. The number of likely N-dealkylation sites (N-methyl/N-ethyl adjacent to an activating group) is 1. The first-order valence-electron chi connectivity index (χ1n) is 7.07. The summed E-state index contributed by atoms with van der Waals surface area (Å²) in [4.78, 5) is 2.36. The third-order valence-electron chi connectivity index (χ3n) is 3.56. The number of anilines is 1. The second kappa shape index (κ2) is 7.22. The van der Waals surface area contributed by atoms with Crippen LogP contribution in [0.5, 0.6) is 0 Å². The van der Waals surface area contributed by atoms with Crippen molar-refractivity contribution in [1.29, 1.82) is 0 Å². The number of nitrogens with one attached hydrogen (secondary N) is 2. The van der Waals surface area contributed by atoms with E-state index in [1.54, 1.807) is 19.2 Å². The quantitative estimate of drug-likeness (QED) is 0.732. The predicted octanol–water partition coefficient (Wildman–Crippen LogP) is 0.511. The summed E-state index contributed by atoms with van der Waals surface area (Å²) < 4.78 is 32.1. The largest absolute Gasteiger partial charge is 0.384 e. The van der Waals surface area contributed by atoms with Gasteiger partial charge in [-0.3, -0.25) is 0 Å². The van der Waals surface area contributed by atoms with Crippen LogP contribution < -0.4 is 10.0 Å². The van der Waals surface area contributed by atoms with Crippen LogP contribution in [0.1, 0.15) is 5.56 Å². The predicted molar refractivity (Wildman–Crippen MR) is 83.2 cm³/mol. The third kappa shape index (κ3) is 4.41. The minimum atomic E-state index is -3.43. The van der Waals surface area contributed by atoms with Gasteiger partial charge in [0.15, 0.2) is 0 Å². The molecule has 0 unspecified atom stereocenters. The molecule has 0 atom stereocenters. The molecule has 0 radical (unpaired) electrons. The average molecular weight is 313 g/mol. The molecule has 2 rings (SSSR count). The van der Waals surface area contributed by atoms with E-state index in [2.05, 4.69) is 10.0 Å². The molecule has 7 heteroatoms. The lowest BCUT2D eigenvalue weighted by Gasteiger charge is -2.16. The molecule has 0 spiro atoms. The Labute approximate surface area is 126 Å². The number of sulfonamides is 1. The average Bonchev–Trinajstić information content (AvgIpc) is 2.92. The van der Waals surface area contributed by atoms with Crippen LogP contribution in [0.4, 0.5) is 5.69 Å². The lowest BCUT2D eigenvalue weighted by molar-refractivity contribution is 0.162. The van der Waals surface area contributed by atoms with Gasteiger partial charge in [0, 0.05) is 39.0 Å². The molecule has 21 heavy (non-hydrogen) atoms. The van der Waals surface area contributed by atoms with Crippen molar-refractivity contribution in [3.8, 4) is 0 Å². The van der Waals surface area contributed by atoms with E-state index in [1.807, 2.05) is 18.0 Å². The van der Waals surface area contributed by atoms with Crippen LogP contribution in [0.15, 0.2) is 23.1 Å². The van der Waals surface area contributed by atoms with E-state index < -0.39 is 10.0 Å². The van der Waals surface area contributed by atoms with E-state index in [-0.39, 0.29) is 0 Å². The number of ether oxygens (including phenoxy) is 1.